The molecule has 0 aliphatic rings. The maximum Gasteiger partial charge on any atom is 0.326 e. The SMILES string of the molecule is CCC(C)[C@H](NC(=O)NC(C)C(=O)NCC(C)C)C(=O)O. The number of hydrogen-bond donors (Lipinski definition) is 4. The van der Waals surface area contributed by atoms with Crippen molar-refractivity contribution < 1.29 is 19.5 Å². The molecule has 4 N–H and O–H groups in total. The van der Waals surface area contributed by atoms with Crippen molar-refractivity contribution in [2.45, 2.75) is 53.1 Å². The number of aliphatic carboxylic acids is 1. The van der Waals surface area contributed by atoms with Gasteiger partial charge in [0.1, 0.15) is 12.1 Å². The van der Waals surface area contributed by atoms with Crippen molar-refractivity contribution >= 4 is 17.9 Å². The molecule has 0 radical (unpaired) electrons. The van der Waals surface area contributed by atoms with Crippen LogP contribution < -0.4 is 16.0 Å². The molecule has 0 saturated heterocycles. The third-order valence-electron chi connectivity index (χ3n) is 3.19. The van der Waals surface area contributed by atoms with E-state index < -0.39 is 24.1 Å². The first kappa shape index (κ1) is 19.2. The van der Waals surface area contributed by atoms with E-state index in [1.54, 1.807) is 13.8 Å². The zero-order chi connectivity index (χ0) is 16.6. The van der Waals surface area contributed by atoms with E-state index in [4.69, 9.17) is 5.11 Å². The van der Waals surface area contributed by atoms with E-state index in [1.807, 2.05) is 20.8 Å². The Bertz CT molecular complexity index is 371. The second kappa shape index (κ2) is 9.20. The predicted octanol–water partition coefficient (Wildman–Crippen LogP) is 0.946. The van der Waals surface area contributed by atoms with Gasteiger partial charge in [-0.2, -0.15) is 0 Å². The van der Waals surface area contributed by atoms with Gasteiger partial charge in [-0.05, 0) is 18.8 Å². The highest BCUT2D eigenvalue weighted by Crippen LogP contribution is 2.07. The normalized spacial score (nSPS) is 15.0. The Hall–Kier alpha value is -1.79. The van der Waals surface area contributed by atoms with Crippen LogP contribution in [0.15, 0.2) is 0 Å². The van der Waals surface area contributed by atoms with Gasteiger partial charge in [0.25, 0.3) is 0 Å². The van der Waals surface area contributed by atoms with Gasteiger partial charge >= 0.3 is 12.0 Å². The van der Waals surface area contributed by atoms with Crippen LogP contribution in [-0.4, -0.2) is 41.6 Å². The first-order valence-corrected chi connectivity index (χ1v) is 7.26. The summed E-state index contributed by atoms with van der Waals surface area (Å²) in [6.07, 6.45) is 0.627. The van der Waals surface area contributed by atoms with Crippen molar-refractivity contribution in [1.29, 1.82) is 0 Å². The fourth-order valence-corrected chi connectivity index (χ4v) is 1.59. The molecule has 7 heteroatoms. The van der Waals surface area contributed by atoms with Crippen molar-refractivity contribution in [2.24, 2.45) is 11.8 Å². The average Bonchev–Trinajstić information content (AvgIpc) is 2.40. The monoisotopic (exact) mass is 301 g/mol. The number of carbonyl (C=O) groups is 3. The van der Waals surface area contributed by atoms with Crippen LogP contribution in [0, 0.1) is 11.8 Å². The van der Waals surface area contributed by atoms with Crippen LogP contribution in [0.2, 0.25) is 0 Å². The van der Waals surface area contributed by atoms with Crippen LogP contribution in [0.4, 0.5) is 4.79 Å². The Balaban J connectivity index is 4.40. The van der Waals surface area contributed by atoms with Crippen LogP contribution in [0.3, 0.4) is 0 Å². The summed E-state index contributed by atoms with van der Waals surface area (Å²) < 4.78 is 0. The van der Waals surface area contributed by atoms with Crippen molar-refractivity contribution in [1.82, 2.24) is 16.0 Å². The molecule has 3 amide bonds. The molecule has 3 atom stereocenters. The van der Waals surface area contributed by atoms with E-state index in [2.05, 4.69) is 16.0 Å². The maximum atomic E-state index is 11.8. The van der Waals surface area contributed by atoms with Gasteiger partial charge in [0.2, 0.25) is 5.91 Å². The van der Waals surface area contributed by atoms with Gasteiger partial charge in [0.15, 0.2) is 0 Å². The number of amides is 3. The number of rotatable bonds is 8. The van der Waals surface area contributed by atoms with Gasteiger partial charge in [0.05, 0.1) is 0 Å². The van der Waals surface area contributed by atoms with E-state index in [0.717, 1.165) is 0 Å². The summed E-state index contributed by atoms with van der Waals surface area (Å²) in [7, 11) is 0. The molecule has 0 heterocycles. The first-order valence-electron chi connectivity index (χ1n) is 7.26. The lowest BCUT2D eigenvalue weighted by atomic mass is 9.99. The molecule has 0 aromatic heterocycles. The van der Waals surface area contributed by atoms with Gasteiger partial charge in [-0.3, -0.25) is 4.79 Å². The van der Waals surface area contributed by atoms with Gasteiger partial charge in [-0.25, -0.2) is 9.59 Å². The molecule has 0 spiro atoms. The van der Waals surface area contributed by atoms with Crippen LogP contribution in [0.5, 0.6) is 0 Å². The van der Waals surface area contributed by atoms with Crippen LogP contribution in [0.25, 0.3) is 0 Å². The quantitative estimate of drug-likeness (QED) is 0.535. The van der Waals surface area contributed by atoms with Gasteiger partial charge in [-0.1, -0.05) is 34.1 Å². The highest BCUT2D eigenvalue weighted by molar-refractivity contribution is 5.88. The van der Waals surface area contributed by atoms with E-state index >= 15 is 0 Å². The smallest absolute Gasteiger partial charge is 0.326 e. The summed E-state index contributed by atoms with van der Waals surface area (Å²) in [4.78, 5) is 34.6. The summed E-state index contributed by atoms with van der Waals surface area (Å²) in [6, 6.07) is -2.36. The average molecular weight is 301 g/mol. The molecule has 0 aromatic carbocycles. The van der Waals surface area contributed by atoms with Crippen LogP contribution in [0.1, 0.15) is 41.0 Å². The minimum absolute atomic E-state index is 0.196. The van der Waals surface area contributed by atoms with Crippen molar-refractivity contribution in [3.63, 3.8) is 0 Å². The largest absolute Gasteiger partial charge is 0.480 e. The van der Waals surface area contributed by atoms with E-state index in [1.165, 1.54) is 0 Å². The second-order valence-electron chi connectivity index (χ2n) is 5.68. The highest BCUT2D eigenvalue weighted by Gasteiger charge is 2.26. The van der Waals surface area contributed by atoms with Crippen molar-refractivity contribution in [3.05, 3.63) is 0 Å². The summed E-state index contributed by atoms with van der Waals surface area (Å²) in [6.45, 7) is 9.61. The summed E-state index contributed by atoms with van der Waals surface area (Å²) in [5.41, 5.74) is 0. The third kappa shape index (κ3) is 7.53. The minimum Gasteiger partial charge on any atom is -0.480 e. The fourth-order valence-electron chi connectivity index (χ4n) is 1.59. The fraction of sp³-hybridized carbons (Fsp3) is 0.786. The van der Waals surface area contributed by atoms with Gasteiger partial charge in [-0.15, -0.1) is 0 Å². The van der Waals surface area contributed by atoms with Crippen LogP contribution in [-0.2, 0) is 9.59 Å². The summed E-state index contributed by atoms with van der Waals surface area (Å²) in [5.74, 6) is -1.26. The molecule has 2 unspecified atom stereocenters. The maximum absolute atomic E-state index is 11.8. The first-order chi connectivity index (χ1) is 9.68. The molecule has 122 valence electrons. The highest BCUT2D eigenvalue weighted by atomic mass is 16.4. The van der Waals surface area contributed by atoms with Crippen LogP contribution >= 0.6 is 0 Å². The van der Waals surface area contributed by atoms with Gasteiger partial charge in [0, 0.05) is 6.54 Å². The number of carboxylic acid groups (broad SMARTS) is 1. The van der Waals surface area contributed by atoms with Crippen molar-refractivity contribution in [2.75, 3.05) is 6.54 Å². The predicted molar refractivity (Wildman–Crippen MR) is 79.9 cm³/mol. The lowest BCUT2D eigenvalue weighted by Crippen LogP contribution is -2.54. The molecule has 0 fully saturated rings. The zero-order valence-electron chi connectivity index (χ0n) is 13.4. The standard InChI is InChI=1S/C14H27N3O4/c1-6-9(4)11(13(19)20)17-14(21)16-10(5)12(18)15-7-8(2)3/h8-11H,6-7H2,1-5H3,(H,15,18)(H,19,20)(H2,16,17,21)/t9?,10?,11-/m0/s1. The Morgan fingerprint density at radius 2 is 1.62 bits per heavy atom. The molecule has 0 aliphatic heterocycles. The van der Waals surface area contributed by atoms with Crippen molar-refractivity contribution in [3.8, 4) is 0 Å². The van der Waals surface area contributed by atoms with E-state index in [-0.39, 0.29) is 11.8 Å². The Kier molecular flexibility index (Phi) is 8.42. The van der Waals surface area contributed by atoms with E-state index in [9.17, 15) is 14.4 Å². The Morgan fingerprint density at radius 1 is 1.05 bits per heavy atom. The molecule has 0 bridgehead atoms. The zero-order valence-corrected chi connectivity index (χ0v) is 13.4. The Labute approximate surface area is 125 Å². The Morgan fingerprint density at radius 3 is 2.05 bits per heavy atom. The minimum atomic E-state index is -1.09. The molecule has 0 rings (SSSR count). The van der Waals surface area contributed by atoms with Gasteiger partial charge < -0.3 is 21.1 Å². The molecule has 0 aromatic rings. The lowest BCUT2D eigenvalue weighted by Gasteiger charge is -2.22. The molecular weight excluding hydrogens is 274 g/mol. The number of nitrogens with one attached hydrogen (secondary N) is 3. The number of carboxylic acids is 1. The summed E-state index contributed by atoms with van der Waals surface area (Å²) >= 11 is 0. The number of hydrogen-bond acceptors (Lipinski definition) is 3. The number of carbonyl (C=O) groups excluding carboxylic acids is 2. The lowest BCUT2D eigenvalue weighted by molar-refractivity contribution is -0.140. The topological polar surface area (TPSA) is 108 Å². The molecule has 0 aliphatic carbocycles. The van der Waals surface area contributed by atoms with E-state index in [0.29, 0.717) is 18.9 Å². The molecular formula is C14H27N3O4. The third-order valence-corrected chi connectivity index (χ3v) is 3.19. The second-order valence-corrected chi connectivity index (χ2v) is 5.68. The number of urea groups is 1. The molecule has 7 nitrogen and oxygen atoms in total. The molecule has 21 heavy (non-hydrogen) atoms. The molecule has 0 saturated carbocycles. The summed E-state index contributed by atoms with van der Waals surface area (Å²) in [5, 5.41) is 16.6.